The molecule has 26 heavy (non-hydrogen) atoms. The van der Waals surface area contributed by atoms with Crippen LogP contribution in [0.4, 0.5) is 11.5 Å². The van der Waals surface area contributed by atoms with Crippen LogP contribution < -0.4 is 0 Å². The molecule has 0 saturated heterocycles. The van der Waals surface area contributed by atoms with E-state index in [1.54, 1.807) is 35.6 Å². The van der Waals surface area contributed by atoms with E-state index in [9.17, 15) is 4.79 Å². The maximum Gasteiger partial charge on any atom is 0.312 e. The van der Waals surface area contributed by atoms with Gasteiger partial charge >= 0.3 is 5.97 Å². The number of nitrogens with zero attached hydrogens (tertiary/aromatic N) is 5. The first-order chi connectivity index (χ1) is 12.6. The zero-order valence-corrected chi connectivity index (χ0v) is 14.5. The average Bonchev–Trinajstić information content (AvgIpc) is 2.99. The molecule has 2 aromatic heterocycles. The Labute approximate surface area is 150 Å². The van der Waals surface area contributed by atoms with Gasteiger partial charge in [0.25, 0.3) is 0 Å². The summed E-state index contributed by atoms with van der Waals surface area (Å²) in [6, 6.07) is 12.7. The third-order valence-electron chi connectivity index (χ3n) is 3.74. The van der Waals surface area contributed by atoms with E-state index in [4.69, 9.17) is 10.00 Å². The maximum absolute atomic E-state index is 11.9. The van der Waals surface area contributed by atoms with Crippen LogP contribution in [-0.4, -0.2) is 22.0 Å². The second-order valence-electron chi connectivity index (χ2n) is 5.61. The number of azo groups is 1. The van der Waals surface area contributed by atoms with Crippen LogP contribution in [-0.2, 0) is 16.0 Å². The molecular weight excluding hydrogens is 330 g/mol. The fraction of sp³-hybridized carbons (Fsp3) is 0.211. The molecule has 0 bridgehead atoms. The molecule has 3 aromatic rings. The van der Waals surface area contributed by atoms with Gasteiger partial charge in [-0.15, -0.1) is 10.2 Å². The van der Waals surface area contributed by atoms with Gasteiger partial charge in [0.05, 0.1) is 36.0 Å². The predicted octanol–water partition coefficient (Wildman–Crippen LogP) is 4.04. The number of nitriles is 1. The number of hydrogen-bond acceptors (Lipinski definition) is 6. The van der Waals surface area contributed by atoms with Crippen molar-refractivity contribution in [3.8, 4) is 6.07 Å². The zero-order valence-electron chi connectivity index (χ0n) is 14.5. The number of aryl methyl sites for hydroxylation is 1. The van der Waals surface area contributed by atoms with Gasteiger partial charge in [0, 0.05) is 6.20 Å². The lowest BCUT2D eigenvalue weighted by molar-refractivity contribution is -0.142. The number of imidazole rings is 1. The Morgan fingerprint density at radius 1 is 1.31 bits per heavy atom. The van der Waals surface area contributed by atoms with Crippen LogP contribution in [0.3, 0.4) is 0 Å². The highest BCUT2D eigenvalue weighted by Crippen LogP contribution is 2.26. The van der Waals surface area contributed by atoms with Gasteiger partial charge in [-0.1, -0.05) is 12.1 Å². The summed E-state index contributed by atoms with van der Waals surface area (Å²) in [4.78, 5) is 16.4. The van der Waals surface area contributed by atoms with Crippen molar-refractivity contribution in [1.82, 2.24) is 9.38 Å². The largest absolute Gasteiger partial charge is 0.466 e. The molecule has 1 aromatic carbocycles. The lowest BCUT2D eigenvalue weighted by Crippen LogP contribution is -2.07. The number of benzene rings is 1. The third kappa shape index (κ3) is 3.59. The molecule has 130 valence electrons. The normalized spacial score (nSPS) is 11.0. The van der Waals surface area contributed by atoms with Crippen LogP contribution in [0.5, 0.6) is 0 Å². The quantitative estimate of drug-likeness (QED) is 0.514. The number of fused-ring (bicyclic) bond motifs is 1. The van der Waals surface area contributed by atoms with Gasteiger partial charge in [0.2, 0.25) is 0 Å². The van der Waals surface area contributed by atoms with E-state index in [2.05, 4.69) is 21.3 Å². The van der Waals surface area contributed by atoms with Crippen molar-refractivity contribution in [2.45, 2.75) is 20.3 Å². The number of aromatic nitrogens is 2. The molecule has 0 aliphatic carbocycles. The summed E-state index contributed by atoms with van der Waals surface area (Å²) in [5.41, 5.74) is 3.23. The minimum absolute atomic E-state index is 0.0154. The monoisotopic (exact) mass is 347 g/mol. The van der Waals surface area contributed by atoms with Gasteiger partial charge in [-0.3, -0.25) is 9.20 Å². The van der Waals surface area contributed by atoms with Gasteiger partial charge in [0.1, 0.15) is 5.65 Å². The van der Waals surface area contributed by atoms with E-state index >= 15 is 0 Å². The third-order valence-corrected chi connectivity index (χ3v) is 3.74. The standard InChI is InChI=1S/C19H17N5O2/c1-3-26-17(25)11-16-19(24-9-5-6-13(2)18(24)21-16)23-22-15-8-4-7-14(10-15)12-20/h4-10H,3,11H2,1-2H3. The molecule has 0 fully saturated rings. The van der Waals surface area contributed by atoms with Crippen molar-refractivity contribution < 1.29 is 9.53 Å². The summed E-state index contributed by atoms with van der Waals surface area (Å²) in [5.74, 6) is 0.107. The fourth-order valence-electron chi connectivity index (χ4n) is 2.55. The molecule has 0 atom stereocenters. The van der Waals surface area contributed by atoms with Gasteiger partial charge in [-0.2, -0.15) is 5.26 Å². The van der Waals surface area contributed by atoms with Crippen molar-refractivity contribution >= 4 is 23.1 Å². The molecule has 7 nitrogen and oxygen atoms in total. The van der Waals surface area contributed by atoms with Crippen LogP contribution in [0.1, 0.15) is 23.7 Å². The number of ether oxygens (including phenoxy) is 1. The topological polar surface area (TPSA) is 92.1 Å². The van der Waals surface area contributed by atoms with E-state index in [1.165, 1.54) is 0 Å². The molecule has 0 saturated carbocycles. The molecule has 2 heterocycles. The summed E-state index contributed by atoms with van der Waals surface area (Å²) < 4.78 is 6.82. The second-order valence-corrected chi connectivity index (χ2v) is 5.61. The summed E-state index contributed by atoms with van der Waals surface area (Å²) in [5, 5.41) is 17.5. The molecule has 3 rings (SSSR count). The number of carbonyl (C=O) groups excluding carboxylic acids is 1. The highest BCUT2D eigenvalue weighted by atomic mass is 16.5. The number of carbonyl (C=O) groups is 1. The van der Waals surface area contributed by atoms with Gasteiger partial charge in [-0.25, -0.2) is 4.98 Å². The Morgan fingerprint density at radius 2 is 2.15 bits per heavy atom. The molecule has 7 heteroatoms. The van der Waals surface area contributed by atoms with Crippen molar-refractivity contribution in [3.63, 3.8) is 0 Å². The SMILES string of the molecule is CCOC(=O)Cc1nc2c(C)cccn2c1N=Nc1cccc(C#N)c1. The number of hydrogen-bond donors (Lipinski definition) is 0. The number of rotatable bonds is 5. The molecule has 0 aliphatic heterocycles. The minimum Gasteiger partial charge on any atom is -0.466 e. The van der Waals surface area contributed by atoms with Crippen LogP contribution in [0, 0.1) is 18.3 Å². The van der Waals surface area contributed by atoms with Gasteiger partial charge in [0.15, 0.2) is 5.82 Å². The fourth-order valence-corrected chi connectivity index (χ4v) is 2.55. The van der Waals surface area contributed by atoms with Crippen molar-refractivity contribution in [1.29, 1.82) is 5.26 Å². The second kappa shape index (κ2) is 7.57. The van der Waals surface area contributed by atoms with E-state index in [-0.39, 0.29) is 12.4 Å². The Balaban J connectivity index is 2.04. The highest BCUT2D eigenvalue weighted by Gasteiger charge is 2.17. The first-order valence-corrected chi connectivity index (χ1v) is 8.16. The molecule has 0 aliphatic rings. The summed E-state index contributed by atoms with van der Waals surface area (Å²) in [6.45, 7) is 4.01. The first-order valence-electron chi connectivity index (χ1n) is 8.16. The van der Waals surface area contributed by atoms with E-state index in [0.29, 0.717) is 35.0 Å². The molecular formula is C19H17N5O2. The van der Waals surface area contributed by atoms with Crippen LogP contribution in [0.25, 0.3) is 5.65 Å². The van der Waals surface area contributed by atoms with Gasteiger partial charge in [-0.05, 0) is 43.7 Å². The van der Waals surface area contributed by atoms with E-state index in [0.717, 1.165) is 5.56 Å². The smallest absolute Gasteiger partial charge is 0.312 e. The lowest BCUT2D eigenvalue weighted by Gasteiger charge is -2.01. The minimum atomic E-state index is -0.364. The van der Waals surface area contributed by atoms with Crippen molar-refractivity contribution in [3.05, 3.63) is 59.4 Å². The lowest BCUT2D eigenvalue weighted by atomic mass is 10.2. The predicted molar refractivity (Wildman–Crippen MR) is 95.6 cm³/mol. The van der Waals surface area contributed by atoms with E-state index < -0.39 is 0 Å². The van der Waals surface area contributed by atoms with Crippen LogP contribution >= 0.6 is 0 Å². The maximum atomic E-state index is 11.9. The Morgan fingerprint density at radius 3 is 2.92 bits per heavy atom. The van der Waals surface area contributed by atoms with Crippen molar-refractivity contribution in [2.24, 2.45) is 10.2 Å². The number of esters is 1. The van der Waals surface area contributed by atoms with Crippen molar-refractivity contribution in [2.75, 3.05) is 6.61 Å². The Bertz CT molecular complexity index is 1030. The summed E-state index contributed by atoms with van der Waals surface area (Å²) in [6.07, 6.45) is 1.84. The van der Waals surface area contributed by atoms with Crippen LogP contribution in [0.2, 0.25) is 0 Å². The molecule has 0 spiro atoms. The Kier molecular flexibility index (Phi) is 5.04. The van der Waals surface area contributed by atoms with Crippen LogP contribution in [0.15, 0.2) is 52.8 Å². The average molecular weight is 347 g/mol. The van der Waals surface area contributed by atoms with E-state index in [1.807, 2.05) is 25.3 Å². The molecule has 0 radical (unpaired) electrons. The first kappa shape index (κ1) is 17.3. The Hall–Kier alpha value is -3.53. The molecule has 0 unspecified atom stereocenters. The molecule has 0 N–H and O–H groups in total. The highest BCUT2D eigenvalue weighted by molar-refractivity contribution is 5.74. The van der Waals surface area contributed by atoms with Gasteiger partial charge < -0.3 is 4.74 Å². The molecule has 0 amide bonds. The zero-order chi connectivity index (χ0) is 18.5. The summed E-state index contributed by atoms with van der Waals surface area (Å²) >= 11 is 0. The summed E-state index contributed by atoms with van der Waals surface area (Å²) in [7, 11) is 0. The number of pyridine rings is 1.